The lowest BCUT2D eigenvalue weighted by molar-refractivity contribution is 0.102. The molecular formula is C14H10BrN3O2. The van der Waals surface area contributed by atoms with Gasteiger partial charge < -0.3 is 10.1 Å². The number of methoxy groups -OCH3 is 1. The highest BCUT2D eigenvalue weighted by Crippen LogP contribution is 2.25. The summed E-state index contributed by atoms with van der Waals surface area (Å²) in [5.41, 5.74) is 0.916. The number of nitrogens with zero attached hydrogens (tertiary/aromatic N) is 2. The van der Waals surface area contributed by atoms with Gasteiger partial charge in [-0.15, -0.1) is 0 Å². The van der Waals surface area contributed by atoms with Crippen molar-refractivity contribution in [3.63, 3.8) is 0 Å². The third-order valence-corrected chi connectivity index (χ3v) is 3.17. The predicted molar refractivity (Wildman–Crippen MR) is 77.6 cm³/mol. The molecule has 20 heavy (non-hydrogen) atoms. The molecule has 0 saturated carbocycles. The second kappa shape index (κ2) is 6.17. The average molecular weight is 332 g/mol. The van der Waals surface area contributed by atoms with Gasteiger partial charge in [-0.1, -0.05) is 0 Å². The third-order valence-electron chi connectivity index (χ3n) is 2.55. The van der Waals surface area contributed by atoms with Crippen LogP contribution in [0.2, 0.25) is 0 Å². The first-order valence-electron chi connectivity index (χ1n) is 5.65. The van der Waals surface area contributed by atoms with Gasteiger partial charge >= 0.3 is 0 Å². The molecule has 0 fully saturated rings. The van der Waals surface area contributed by atoms with Gasteiger partial charge in [0, 0.05) is 11.8 Å². The topological polar surface area (TPSA) is 75.0 Å². The van der Waals surface area contributed by atoms with E-state index in [9.17, 15) is 4.79 Å². The molecule has 0 aliphatic rings. The lowest BCUT2D eigenvalue weighted by atomic mass is 10.2. The molecule has 1 N–H and O–H groups in total. The third kappa shape index (κ3) is 3.13. The number of hydrogen-bond acceptors (Lipinski definition) is 4. The summed E-state index contributed by atoms with van der Waals surface area (Å²) in [6, 6.07) is 10.2. The molecule has 0 spiro atoms. The molecule has 0 saturated heterocycles. The van der Waals surface area contributed by atoms with E-state index in [1.165, 1.54) is 6.20 Å². The van der Waals surface area contributed by atoms with Crippen LogP contribution >= 0.6 is 15.9 Å². The number of anilines is 1. The van der Waals surface area contributed by atoms with E-state index in [2.05, 4.69) is 26.2 Å². The van der Waals surface area contributed by atoms with E-state index in [1.54, 1.807) is 37.4 Å². The van der Waals surface area contributed by atoms with Crippen molar-refractivity contribution in [2.75, 3.05) is 12.4 Å². The van der Waals surface area contributed by atoms with Crippen molar-refractivity contribution in [3.05, 3.63) is 52.1 Å². The summed E-state index contributed by atoms with van der Waals surface area (Å²) in [6.45, 7) is 0. The number of halogens is 1. The SMILES string of the molecule is COc1ccc(C(=O)Nc2ccc(C#N)cn2)cc1Br. The number of nitriles is 1. The molecule has 100 valence electrons. The van der Waals surface area contributed by atoms with Crippen LogP contribution in [0.3, 0.4) is 0 Å². The number of carbonyl (C=O) groups excluding carboxylic acids is 1. The van der Waals surface area contributed by atoms with Crippen LogP contribution in [0.15, 0.2) is 41.0 Å². The highest BCUT2D eigenvalue weighted by atomic mass is 79.9. The monoisotopic (exact) mass is 331 g/mol. The predicted octanol–water partition coefficient (Wildman–Crippen LogP) is 2.98. The first-order valence-corrected chi connectivity index (χ1v) is 6.44. The van der Waals surface area contributed by atoms with Gasteiger partial charge in [0.25, 0.3) is 5.91 Å². The lowest BCUT2D eigenvalue weighted by Gasteiger charge is -2.07. The molecule has 1 aromatic carbocycles. The lowest BCUT2D eigenvalue weighted by Crippen LogP contribution is -2.12. The van der Waals surface area contributed by atoms with E-state index in [1.807, 2.05) is 6.07 Å². The van der Waals surface area contributed by atoms with Crippen molar-refractivity contribution in [1.82, 2.24) is 4.98 Å². The Morgan fingerprint density at radius 1 is 1.40 bits per heavy atom. The first-order chi connectivity index (χ1) is 9.63. The number of nitrogens with one attached hydrogen (secondary N) is 1. The second-order valence-corrected chi connectivity index (χ2v) is 4.70. The van der Waals surface area contributed by atoms with Crippen LogP contribution in [0.4, 0.5) is 5.82 Å². The molecule has 2 rings (SSSR count). The van der Waals surface area contributed by atoms with E-state index < -0.39 is 0 Å². The van der Waals surface area contributed by atoms with E-state index >= 15 is 0 Å². The van der Waals surface area contributed by atoms with Gasteiger partial charge in [-0.25, -0.2) is 4.98 Å². The Hall–Kier alpha value is -2.39. The summed E-state index contributed by atoms with van der Waals surface area (Å²) < 4.78 is 5.80. The molecule has 0 atom stereocenters. The smallest absolute Gasteiger partial charge is 0.256 e. The number of amides is 1. The average Bonchev–Trinajstić information content (AvgIpc) is 2.48. The first kappa shape index (κ1) is 14.0. The molecule has 1 amide bonds. The molecule has 1 aromatic heterocycles. The molecule has 6 heteroatoms. The van der Waals surface area contributed by atoms with Crippen molar-refractivity contribution in [2.24, 2.45) is 0 Å². The van der Waals surface area contributed by atoms with Crippen LogP contribution in [0, 0.1) is 11.3 Å². The van der Waals surface area contributed by atoms with E-state index in [0.29, 0.717) is 27.2 Å². The number of carbonyl (C=O) groups is 1. The van der Waals surface area contributed by atoms with Crippen LogP contribution in [-0.2, 0) is 0 Å². The second-order valence-electron chi connectivity index (χ2n) is 3.85. The summed E-state index contributed by atoms with van der Waals surface area (Å²) in [7, 11) is 1.56. The minimum Gasteiger partial charge on any atom is -0.496 e. The number of ether oxygens (including phenoxy) is 1. The summed E-state index contributed by atoms with van der Waals surface area (Å²) in [5.74, 6) is 0.754. The Morgan fingerprint density at radius 2 is 2.20 bits per heavy atom. The highest BCUT2D eigenvalue weighted by Gasteiger charge is 2.09. The van der Waals surface area contributed by atoms with Crippen LogP contribution in [0.1, 0.15) is 15.9 Å². The maximum absolute atomic E-state index is 12.0. The summed E-state index contributed by atoms with van der Waals surface area (Å²) in [5, 5.41) is 11.3. The van der Waals surface area contributed by atoms with E-state index in [0.717, 1.165) is 0 Å². The van der Waals surface area contributed by atoms with Gasteiger partial charge in [0.1, 0.15) is 17.6 Å². The zero-order chi connectivity index (χ0) is 14.5. The number of aromatic nitrogens is 1. The van der Waals surface area contributed by atoms with Crippen molar-refractivity contribution < 1.29 is 9.53 Å². The van der Waals surface area contributed by atoms with Crippen molar-refractivity contribution >= 4 is 27.7 Å². The van der Waals surface area contributed by atoms with E-state index in [-0.39, 0.29) is 5.91 Å². The molecule has 0 aliphatic heterocycles. The fourth-order valence-corrected chi connectivity index (χ4v) is 2.07. The standard InChI is InChI=1S/C14H10BrN3O2/c1-20-12-4-3-10(6-11(12)15)14(19)18-13-5-2-9(7-16)8-17-13/h2-6,8H,1H3,(H,17,18,19). The summed E-state index contributed by atoms with van der Waals surface area (Å²) in [4.78, 5) is 16.0. The normalized spacial score (nSPS) is 9.65. The maximum atomic E-state index is 12.0. The molecule has 1 heterocycles. The zero-order valence-corrected chi connectivity index (χ0v) is 12.1. The molecule has 5 nitrogen and oxygen atoms in total. The summed E-state index contributed by atoms with van der Waals surface area (Å²) in [6.07, 6.45) is 1.40. The Balaban J connectivity index is 2.15. The minimum atomic E-state index is -0.287. The van der Waals surface area contributed by atoms with Gasteiger partial charge in [-0.05, 0) is 46.3 Å². The summed E-state index contributed by atoms with van der Waals surface area (Å²) >= 11 is 3.32. The largest absolute Gasteiger partial charge is 0.496 e. The van der Waals surface area contributed by atoms with Gasteiger partial charge in [0.05, 0.1) is 17.1 Å². The Morgan fingerprint density at radius 3 is 2.75 bits per heavy atom. The van der Waals surface area contributed by atoms with Crippen molar-refractivity contribution in [3.8, 4) is 11.8 Å². The van der Waals surface area contributed by atoms with Gasteiger partial charge in [0.15, 0.2) is 0 Å². The highest BCUT2D eigenvalue weighted by molar-refractivity contribution is 9.10. The number of benzene rings is 1. The van der Waals surface area contributed by atoms with Crippen LogP contribution in [0.25, 0.3) is 0 Å². The molecule has 0 aliphatic carbocycles. The maximum Gasteiger partial charge on any atom is 0.256 e. The van der Waals surface area contributed by atoms with Crippen molar-refractivity contribution in [1.29, 1.82) is 5.26 Å². The van der Waals surface area contributed by atoms with E-state index in [4.69, 9.17) is 10.00 Å². The van der Waals surface area contributed by atoms with Gasteiger partial charge in [-0.3, -0.25) is 4.79 Å². The Bertz CT molecular complexity index is 678. The van der Waals surface area contributed by atoms with Crippen LogP contribution < -0.4 is 10.1 Å². The number of hydrogen-bond donors (Lipinski definition) is 1. The Labute approximate surface area is 124 Å². The quantitative estimate of drug-likeness (QED) is 0.938. The number of pyridine rings is 1. The fraction of sp³-hybridized carbons (Fsp3) is 0.0714. The van der Waals surface area contributed by atoms with Gasteiger partial charge in [0.2, 0.25) is 0 Å². The number of rotatable bonds is 3. The van der Waals surface area contributed by atoms with Gasteiger partial charge in [-0.2, -0.15) is 5.26 Å². The molecule has 2 aromatic rings. The zero-order valence-electron chi connectivity index (χ0n) is 10.6. The fourth-order valence-electron chi connectivity index (χ4n) is 1.53. The minimum absolute atomic E-state index is 0.287. The van der Waals surface area contributed by atoms with Crippen molar-refractivity contribution in [2.45, 2.75) is 0 Å². The molecular weight excluding hydrogens is 322 g/mol. The van der Waals surface area contributed by atoms with Crippen LogP contribution in [0.5, 0.6) is 5.75 Å². The molecule has 0 unspecified atom stereocenters. The van der Waals surface area contributed by atoms with Crippen LogP contribution in [-0.4, -0.2) is 18.0 Å². The Kier molecular flexibility index (Phi) is 4.33. The molecule has 0 bridgehead atoms. The molecule has 0 radical (unpaired) electrons.